The fraction of sp³-hybridized carbons (Fsp3) is 0.923. The highest BCUT2D eigenvalue weighted by atomic mass is 16.2. The van der Waals surface area contributed by atoms with E-state index in [9.17, 15) is 4.79 Å². The molecule has 96 valence electrons. The summed E-state index contributed by atoms with van der Waals surface area (Å²) in [5.74, 6) is 0.992. The van der Waals surface area contributed by atoms with Gasteiger partial charge in [-0.1, -0.05) is 20.8 Å². The molecule has 0 spiro atoms. The number of carbonyl (C=O) groups is 1. The lowest BCUT2D eigenvalue weighted by Gasteiger charge is -2.26. The van der Waals surface area contributed by atoms with Crippen LogP contribution < -0.4 is 5.32 Å². The van der Waals surface area contributed by atoms with Gasteiger partial charge in [-0.3, -0.25) is 4.79 Å². The Kier molecular flexibility index (Phi) is 8.26. The summed E-state index contributed by atoms with van der Waals surface area (Å²) in [5, 5.41) is 3.39. The number of nitrogens with zero attached hydrogens (tertiary/aromatic N) is 1. The van der Waals surface area contributed by atoms with Crippen molar-refractivity contribution in [2.45, 2.75) is 53.5 Å². The van der Waals surface area contributed by atoms with Crippen LogP contribution in [0.15, 0.2) is 0 Å². The molecule has 0 aromatic rings. The van der Waals surface area contributed by atoms with Crippen molar-refractivity contribution in [3.63, 3.8) is 0 Å². The first-order valence-electron chi connectivity index (χ1n) is 6.49. The minimum absolute atomic E-state index is 0.251. The maximum atomic E-state index is 11.6. The number of hydrogen-bond acceptors (Lipinski definition) is 2. The average Bonchev–Trinajstić information content (AvgIpc) is 2.21. The van der Waals surface area contributed by atoms with Crippen molar-refractivity contribution in [2.75, 3.05) is 19.6 Å². The highest BCUT2D eigenvalue weighted by Gasteiger charge is 2.13. The number of nitrogens with one attached hydrogen (secondary N) is 1. The Balaban J connectivity index is 3.73. The van der Waals surface area contributed by atoms with Crippen LogP contribution in [0.2, 0.25) is 0 Å². The Labute approximate surface area is 101 Å². The predicted molar refractivity (Wildman–Crippen MR) is 69.5 cm³/mol. The monoisotopic (exact) mass is 228 g/mol. The fourth-order valence-electron chi connectivity index (χ4n) is 1.59. The SMILES string of the molecule is CCC(=O)N(CCNCCC(C)C)C(C)C. The van der Waals surface area contributed by atoms with Gasteiger partial charge in [0.05, 0.1) is 0 Å². The normalized spacial score (nSPS) is 11.2. The van der Waals surface area contributed by atoms with Gasteiger partial charge >= 0.3 is 0 Å². The molecule has 16 heavy (non-hydrogen) atoms. The molecule has 1 N–H and O–H groups in total. The summed E-state index contributed by atoms with van der Waals surface area (Å²) in [6.45, 7) is 13.3. The van der Waals surface area contributed by atoms with Crippen LogP contribution in [0.3, 0.4) is 0 Å². The van der Waals surface area contributed by atoms with Gasteiger partial charge in [0.25, 0.3) is 0 Å². The zero-order chi connectivity index (χ0) is 12.6. The summed E-state index contributed by atoms with van der Waals surface area (Å²) in [5.41, 5.74) is 0. The number of rotatable bonds is 8. The van der Waals surface area contributed by atoms with E-state index in [4.69, 9.17) is 0 Å². The Hall–Kier alpha value is -0.570. The second-order valence-corrected chi connectivity index (χ2v) is 4.97. The van der Waals surface area contributed by atoms with Crippen LogP contribution in [0.1, 0.15) is 47.5 Å². The quantitative estimate of drug-likeness (QED) is 0.646. The summed E-state index contributed by atoms with van der Waals surface area (Å²) < 4.78 is 0. The van der Waals surface area contributed by atoms with Crippen molar-refractivity contribution in [1.29, 1.82) is 0 Å². The van der Waals surface area contributed by atoms with Gasteiger partial charge in [0.2, 0.25) is 5.91 Å². The lowest BCUT2D eigenvalue weighted by atomic mass is 10.1. The van der Waals surface area contributed by atoms with E-state index in [1.54, 1.807) is 0 Å². The van der Waals surface area contributed by atoms with Crippen LogP contribution in [0, 0.1) is 5.92 Å². The van der Waals surface area contributed by atoms with Gasteiger partial charge in [-0.05, 0) is 32.7 Å². The van der Waals surface area contributed by atoms with Gasteiger partial charge in [0, 0.05) is 25.6 Å². The highest BCUT2D eigenvalue weighted by Crippen LogP contribution is 2.01. The largest absolute Gasteiger partial charge is 0.339 e. The molecule has 3 heteroatoms. The van der Waals surface area contributed by atoms with E-state index < -0.39 is 0 Å². The molecule has 0 atom stereocenters. The summed E-state index contributed by atoms with van der Waals surface area (Å²) in [6.07, 6.45) is 1.80. The van der Waals surface area contributed by atoms with E-state index in [2.05, 4.69) is 33.0 Å². The summed E-state index contributed by atoms with van der Waals surface area (Å²) in [7, 11) is 0. The van der Waals surface area contributed by atoms with Crippen LogP contribution in [-0.4, -0.2) is 36.5 Å². The van der Waals surface area contributed by atoms with E-state index in [1.807, 2.05) is 11.8 Å². The van der Waals surface area contributed by atoms with E-state index >= 15 is 0 Å². The Morgan fingerprint density at radius 2 is 1.81 bits per heavy atom. The number of amides is 1. The zero-order valence-corrected chi connectivity index (χ0v) is 11.5. The first-order valence-corrected chi connectivity index (χ1v) is 6.49. The lowest BCUT2D eigenvalue weighted by Crippen LogP contribution is -2.41. The molecule has 0 saturated heterocycles. The Morgan fingerprint density at radius 1 is 1.19 bits per heavy atom. The smallest absolute Gasteiger partial charge is 0.222 e. The van der Waals surface area contributed by atoms with Crippen molar-refractivity contribution in [2.24, 2.45) is 5.92 Å². The summed E-state index contributed by atoms with van der Waals surface area (Å²) in [6, 6.07) is 0.305. The standard InChI is InChI=1S/C13H28N2O/c1-6-13(16)15(12(4)5)10-9-14-8-7-11(2)3/h11-12,14H,6-10H2,1-5H3. The third-order valence-corrected chi connectivity index (χ3v) is 2.67. The molecule has 0 rings (SSSR count). The lowest BCUT2D eigenvalue weighted by molar-refractivity contribution is -0.132. The predicted octanol–water partition coefficient (Wildman–Crippen LogP) is 2.27. The zero-order valence-electron chi connectivity index (χ0n) is 11.5. The summed E-state index contributed by atoms with van der Waals surface area (Å²) >= 11 is 0. The van der Waals surface area contributed by atoms with Gasteiger partial charge in [0.1, 0.15) is 0 Å². The highest BCUT2D eigenvalue weighted by molar-refractivity contribution is 5.76. The molecule has 1 amide bonds. The average molecular weight is 228 g/mol. The maximum Gasteiger partial charge on any atom is 0.222 e. The van der Waals surface area contributed by atoms with Crippen molar-refractivity contribution < 1.29 is 4.79 Å². The van der Waals surface area contributed by atoms with Crippen LogP contribution in [0.4, 0.5) is 0 Å². The Bertz CT molecular complexity index is 190. The number of hydrogen-bond donors (Lipinski definition) is 1. The van der Waals surface area contributed by atoms with Gasteiger partial charge in [0.15, 0.2) is 0 Å². The topological polar surface area (TPSA) is 32.3 Å². The molecule has 0 unspecified atom stereocenters. The third-order valence-electron chi connectivity index (χ3n) is 2.67. The minimum Gasteiger partial charge on any atom is -0.339 e. The van der Waals surface area contributed by atoms with Crippen LogP contribution in [-0.2, 0) is 4.79 Å². The first kappa shape index (κ1) is 15.4. The molecule has 0 fully saturated rings. The van der Waals surface area contributed by atoms with E-state index in [1.165, 1.54) is 6.42 Å². The van der Waals surface area contributed by atoms with E-state index in [0.29, 0.717) is 12.5 Å². The maximum absolute atomic E-state index is 11.6. The van der Waals surface area contributed by atoms with E-state index in [-0.39, 0.29) is 5.91 Å². The molecule has 0 heterocycles. The van der Waals surface area contributed by atoms with Gasteiger partial charge in [-0.25, -0.2) is 0 Å². The molecule has 0 aromatic heterocycles. The molecular weight excluding hydrogens is 200 g/mol. The molecule has 0 bridgehead atoms. The molecule has 0 aromatic carbocycles. The van der Waals surface area contributed by atoms with Crippen molar-refractivity contribution >= 4 is 5.91 Å². The van der Waals surface area contributed by atoms with Crippen LogP contribution >= 0.6 is 0 Å². The van der Waals surface area contributed by atoms with Crippen LogP contribution in [0.5, 0.6) is 0 Å². The molecule has 3 nitrogen and oxygen atoms in total. The van der Waals surface area contributed by atoms with Crippen molar-refractivity contribution in [3.05, 3.63) is 0 Å². The molecule has 0 aliphatic rings. The van der Waals surface area contributed by atoms with Crippen molar-refractivity contribution in [1.82, 2.24) is 10.2 Å². The molecule has 0 saturated carbocycles. The van der Waals surface area contributed by atoms with Gasteiger partial charge < -0.3 is 10.2 Å². The Morgan fingerprint density at radius 3 is 2.25 bits per heavy atom. The molecule has 0 radical (unpaired) electrons. The third kappa shape index (κ3) is 6.83. The molecule has 0 aliphatic carbocycles. The molecular formula is C13H28N2O. The van der Waals surface area contributed by atoms with Gasteiger partial charge in [-0.2, -0.15) is 0 Å². The van der Waals surface area contributed by atoms with Crippen molar-refractivity contribution in [3.8, 4) is 0 Å². The van der Waals surface area contributed by atoms with E-state index in [0.717, 1.165) is 25.6 Å². The summed E-state index contributed by atoms with van der Waals surface area (Å²) in [4.78, 5) is 13.6. The second kappa shape index (κ2) is 8.57. The minimum atomic E-state index is 0.251. The second-order valence-electron chi connectivity index (χ2n) is 4.97. The van der Waals surface area contributed by atoms with Crippen LogP contribution in [0.25, 0.3) is 0 Å². The molecule has 0 aliphatic heterocycles. The first-order chi connectivity index (χ1) is 7.49. The number of carbonyl (C=O) groups excluding carboxylic acids is 1. The fourth-order valence-corrected chi connectivity index (χ4v) is 1.59. The van der Waals surface area contributed by atoms with Gasteiger partial charge in [-0.15, -0.1) is 0 Å².